The van der Waals surface area contributed by atoms with Crippen LogP contribution in [-0.2, 0) is 132 Å². The number of imidazole rings is 2. The fraction of sp³-hybridized carbons (Fsp3) is 0.0896. The number of rotatable bonds is 2. The predicted molar refractivity (Wildman–Crippen MR) is 348 cm³/mol. The van der Waals surface area contributed by atoms with E-state index in [0.29, 0.717) is 39.0 Å². The minimum atomic E-state index is -0.508. The Kier molecular flexibility index (Phi) is 24.7. The van der Waals surface area contributed by atoms with Crippen LogP contribution in [0.5, 0.6) is 0 Å². The normalized spacial score (nSPS) is 11.9. The molecular formula is C67H43Ir6N25O5-6. The number of pyridine rings is 5. The maximum atomic E-state index is 12.6. The third-order valence-corrected chi connectivity index (χ3v) is 16.1. The average Bonchev–Trinajstić information content (AvgIpc) is 1.71. The maximum absolute atomic E-state index is 12.6. The SMILES string of the molecule is CC1(C)c2ncn[c-]c2-c2nccn2C1(C)C.O=c1c2ncn[c-]c2c2nccn2n1-c1ccccc1.O=c1oc2ccnn2c2[c-]cc(-c3ccccc3)nc12.O=c1oc2cnnn2c2[c-]ccnc12.[Ir].[Ir].[Ir].[Ir].[Ir].[Ir].[c-]1ccnc2ccc3cnnn3c12.[c-]1ncnc2ccc3cnnn3c12. The largest absolute Gasteiger partial charge is 0.412 e. The second-order valence-electron chi connectivity index (χ2n) is 22.1. The second-order valence-corrected chi connectivity index (χ2v) is 22.1. The molecule has 30 nitrogen and oxygen atoms in total. The van der Waals surface area contributed by atoms with Gasteiger partial charge in [-0.3, -0.25) is 28.9 Å². The number of hydrogen-bond donors (Lipinski definition) is 0. The number of para-hydroxylation sites is 1. The van der Waals surface area contributed by atoms with Gasteiger partial charge in [0, 0.05) is 176 Å². The van der Waals surface area contributed by atoms with E-state index >= 15 is 0 Å². The Labute approximate surface area is 660 Å². The van der Waals surface area contributed by atoms with Crippen molar-refractivity contribution in [2.75, 3.05) is 0 Å². The molecule has 2 aromatic carbocycles. The molecular weight excluding hydrogens is 2390 g/mol. The molecule has 0 bridgehead atoms. The van der Waals surface area contributed by atoms with Gasteiger partial charge in [-0.2, -0.15) is 35.4 Å². The van der Waals surface area contributed by atoms with Crippen molar-refractivity contribution < 1.29 is 129 Å². The summed E-state index contributed by atoms with van der Waals surface area (Å²) in [5, 5.41) is 27.5. The van der Waals surface area contributed by atoms with Crippen molar-refractivity contribution in [2.24, 2.45) is 0 Å². The Balaban J connectivity index is 0.000000143. The first-order valence-corrected chi connectivity index (χ1v) is 29.4. The number of benzene rings is 2. The van der Waals surface area contributed by atoms with Crippen molar-refractivity contribution in [3.8, 4) is 28.3 Å². The number of nitrogens with zero attached hydrogens (tertiary/aromatic N) is 25. The molecule has 1 aliphatic rings. The molecule has 36 heteroatoms. The number of fused-ring (bicyclic) bond motifs is 18. The van der Waals surface area contributed by atoms with Crippen LogP contribution in [0.15, 0.2) is 213 Å². The van der Waals surface area contributed by atoms with E-state index < -0.39 is 11.3 Å². The van der Waals surface area contributed by atoms with Crippen molar-refractivity contribution in [2.45, 2.75) is 38.6 Å². The van der Waals surface area contributed by atoms with E-state index in [9.17, 15) is 14.4 Å². The first-order chi connectivity index (χ1) is 47.4. The van der Waals surface area contributed by atoms with Crippen LogP contribution in [0.25, 0.3) is 111 Å². The van der Waals surface area contributed by atoms with Crippen molar-refractivity contribution in [3.05, 3.63) is 264 Å². The first-order valence-electron chi connectivity index (χ1n) is 29.4. The van der Waals surface area contributed by atoms with E-state index in [-0.39, 0.29) is 154 Å². The average molecular weight is 2430 g/mol. The molecule has 19 aromatic rings. The van der Waals surface area contributed by atoms with E-state index in [0.717, 1.165) is 61.4 Å². The first kappa shape index (κ1) is 77.1. The van der Waals surface area contributed by atoms with Crippen LogP contribution in [0.1, 0.15) is 33.4 Å². The molecule has 0 saturated heterocycles. The van der Waals surface area contributed by atoms with Crippen LogP contribution in [0.4, 0.5) is 0 Å². The quantitative estimate of drug-likeness (QED) is 0.154. The van der Waals surface area contributed by atoms with Gasteiger partial charge < -0.3 is 58.3 Å². The third kappa shape index (κ3) is 14.7. The molecule has 18 heterocycles. The summed E-state index contributed by atoms with van der Waals surface area (Å²) < 4.78 is 21.8. The summed E-state index contributed by atoms with van der Waals surface area (Å²) in [4.78, 5) is 81.4. The standard InChI is InChI=1S/C15H8N3O2.C14H8N5O.C13H15N4.C9H5N4.C8H4N5.C8H3N4O2.6Ir/c19-15-14-12(18-13(20-15)8-9-16-18)7-6-11(17-14)10-4-2-1-3-5-10;20-14-12-11(8-15-9-17-12)13-16-6-7-18(13)19(14)10-4-2-1-3-5-10;1-12(2)10-9(7-14-8-16-10)11-15-5-6-17(11)13(12,3)4;1-2-9-8(10-5-1)4-3-7-6-11-12-13(7)9;1-2-7-8(4-9-5-10-7)13-6(1)3-11-12-13;13-8-7-5(2-1-3-9-7)12-6(14-8)4-10-11-12;;;;;;/h1-6,8-9H;1-7,9H;5-6,8H,1-4H3;1,3-6H;1-3,5H;1,3-4H;;;;;;/q6*-1;;;;;;. The van der Waals surface area contributed by atoms with Gasteiger partial charge in [-0.15, -0.1) is 21.4 Å². The van der Waals surface area contributed by atoms with Gasteiger partial charge >= 0.3 is 11.3 Å². The zero-order valence-electron chi connectivity index (χ0n) is 53.1. The fourth-order valence-electron chi connectivity index (χ4n) is 10.8. The molecule has 0 fully saturated rings. The molecule has 526 valence electrons. The molecule has 0 spiro atoms. The minimum Gasteiger partial charge on any atom is -0.412 e. The van der Waals surface area contributed by atoms with Gasteiger partial charge in [0.05, 0.1) is 63.3 Å². The van der Waals surface area contributed by atoms with E-state index in [1.165, 1.54) is 38.8 Å². The van der Waals surface area contributed by atoms with Crippen molar-refractivity contribution in [1.82, 2.24) is 123 Å². The smallest absolute Gasteiger partial charge is 0.307 e. The minimum absolute atomic E-state index is 0. The monoisotopic (exact) mass is 2440 g/mol. The summed E-state index contributed by atoms with van der Waals surface area (Å²) >= 11 is 0. The van der Waals surface area contributed by atoms with Crippen LogP contribution in [-0.4, -0.2) is 123 Å². The maximum Gasteiger partial charge on any atom is 0.307 e. The Morgan fingerprint density at radius 1 is 0.485 bits per heavy atom. The van der Waals surface area contributed by atoms with E-state index in [1.54, 1.807) is 81.3 Å². The van der Waals surface area contributed by atoms with Gasteiger partial charge in [0.15, 0.2) is 0 Å². The zero-order chi connectivity index (χ0) is 66.2. The van der Waals surface area contributed by atoms with Crippen molar-refractivity contribution in [3.63, 3.8) is 0 Å². The second kappa shape index (κ2) is 33.0. The summed E-state index contributed by atoms with van der Waals surface area (Å²) in [5.41, 5.74) is 11.1. The topological polar surface area (TPSA) is 341 Å². The van der Waals surface area contributed by atoms with Crippen LogP contribution in [0.2, 0.25) is 0 Å². The van der Waals surface area contributed by atoms with Gasteiger partial charge in [-0.05, 0) is 100 Å². The third-order valence-electron chi connectivity index (χ3n) is 16.1. The molecule has 20 rings (SSSR count). The Morgan fingerprint density at radius 3 is 1.85 bits per heavy atom. The van der Waals surface area contributed by atoms with E-state index in [2.05, 4.69) is 160 Å². The van der Waals surface area contributed by atoms with Gasteiger partial charge in [0.2, 0.25) is 11.4 Å². The van der Waals surface area contributed by atoms with Gasteiger partial charge in [0.25, 0.3) is 5.56 Å². The summed E-state index contributed by atoms with van der Waals surface area (Å²) in [5.74, 6) is 0.907. The van der Waals surface area contributed by atoms with Crippen LogP contribution >= 0.6 is 0 Å². The number of hydrogen-bond acceptors (Lipinski definition) is 23. The molecule has 0 N–H and O–H groups in total. The predicted octanol–water partition coefficient (Wildman–Crippen LogP) is 7.26. The Hall–Kier alpha value is -10.0. The molecule has 6 radical (unpaired) electrons. The van der Waals surface area contributed by atoms with Crippen molar-refractivity contribution in [1.29, 1.82) is 0 Å². The van der Waals surface area contributed by atoms with Gasteiger partial charge in [-0.1, -0.05) is 125 Å². The fourth-order valence-corrected chi connectivity index (χ4v) is 10.8. The molecule has 0 atom stereocenters. The molecule has 103 heavy (non-hydrogen) atoms. The van der Waals surface area contributed by atoms with Crippen molar-refractivity contribution >= 4 is 83.1 Å². The summed E-state index contributed by atoms with van der Waals surface area (Å²) in [7, 11) is 0. The zero-order valence-corrected chi connectivity index (χ0v) is 67.5. The van der Waals surface area contributed by atoms with Crippen LogP contribution in [0, 0.1) is 36.8 Å². The van der Waals surface area contributed by atoms with Crippen LogP contribution < -0.4 is 16.8 Å². The summed E-state index contributed by atoms with van der Waals surface area (Å²) in [6.07, 6.45) is 29.7. The summed E-state index contributed by atoms with van der Waals surface area (Å²) in [6, 6.07) is 42.4. The molecule has 1 aliphatic heterocycles. The molecule has 0 amide bonds. The summed E-state index contributed by atoms with van der Waals surface area (Å²) in [6.45, 7) is 8.83. The molecule has 0 unspecified atom stereocenters. The van der Waals surface area contributed by atoms with E-state index in [4.69, 9.17) is 8.83 Å². The molecule has 17 aromatic heterocycles. The Morgan fingerprint density at radius 2 is 1.10 bits per heavy atom. The number of aromatic nitrogens is 25. The van der Waals surface area contributed by atoms with Gasteiger partial charge in [-0.25, -0.2) is 22.7 Å². The molecule has 0 saturated carbocycles. The van der Waals surface area contributed by atoms with Gasteiger partial charge in [0.1, 0.15) is 6.20 Å². The molecule has 0 aliphatic carbocycles. The van der Waals surface area contributed by atoms with Crippen LogP contribution in [0.3, 0.4) is 0 Å². The Bertz CT molecular complexity index is 6220. The van der Waals surface area contributed by atoms with E-state index in [1.807, 2.05) is 97.3 Å².